The van der Waals surface area contributed by atoms with Gasteiger partial charge >= 0.3 is 0 Å². The molecule has 3 aromatic rings. The molecule has 2 aromatic carbocycles. The second kappa shape index (κ2) is 11.5. The Bertz CT molecular complexity index is 1340. The number of rotatable bonds is 8. The number of hydrogen-bond acceptors (Lipinski definition) is 6. The zero-order valence-electron chi connectivity index (χ0n) is 20.1. The number of fused-ring (bicyclic) bond motifs is 1. The number of carbonyl (C=O) groups is 1. The molecule has 35 heavy (non-hydrogen) atoms. The SMILES string of the molecule is CCOCCn1c(=NC(=O)c2ccc(S(=O)(=O)N3CCCCCC3)cc2)sc2cccc(OC)c21. The third-order valence-electron chi connectivity index (χ3n) is 6.05. The van der Waals surface area contributed by atoms with Crippen molar-refractivity contribution < 1.29 is 22.7 Å². The average molecular weight is 518 g/mol. The predicted octanol–water partition coefficient (Wildman–Crippen LogP) is 4.05. The number of hydrogen-bond donors (Lipinski definition) is 0. The molecule has 1 fully saturated rings. The Morgan fingerprint density at radius 2 is 1.77 bits per heavy atom. The minimum Gasteiger partial charge on any atom is -0.495 e. The number of para-hydroxylation sites is 1. The van der Waals surface area contributed by atoms with Gasteiger partial charge in [-0.05, 0) is 56.2 Å². The summed E-state index contributed by atoms with van der Waals surface area (Å²) < 4.78 is 41.6. The van der Waals surface area contributed by atoms with E-state index in [9.17, 15) is 13.2 Å². The lowest BCUT2D eigenvalue weighted by Gasteiger charge is -2.19. The van der Waals surface area contributed by atoms with Gasteiger partial charge in [0.2, 0.25) is 10.0 Å². The van der Waals surface area contributed by atoms with Crippen LogP contribution in [0.4, 0.5) is 0 Å². The van der Waals surface area contributed by atoms with Crippen LogP contribution in [0.5, 0.6) is 5.75 Å². The van der Waals surface area contributed by atoms with Crippen LogP contribution in [-0.2, 0) is 21.3 Å². The first kappa shape index (κ1) is 25.6. The molecule has 1 saturated heterocycles. The van der Waals surface area contributed by atoms with Crippen LogP contribution >= 0.6 is 11.3 Å². The number of thiazole rings is 1. The van der Waals surface area contributed by atoms with Crippen LogP contribution in [-0.4, -0.2) is 56.6 Å². The molecule has 1 aliphatic rings. The second-order valence-corrected chi connectivity index (χ2v) is 11.2. The highest BCUT2D eigenvalue weighted by Crippen LogP contribution is 2.27. The van der Waals surface area contributed by atoms with Gasteiger partial charge in [0.05, 0.1) is 23.3 Å². The zero-order valence-corrected chi connectivity index (χ0v) is 21.7. The predicted molar refractivity (Wildman–Crippen MR) is 136 cm³/mol. The number of methoxy groups -OCH3 is 1. The first-order chi connectivity index (χ1) is 17.0. The average Bonchev–Trinajstić information content (AvgIpc) is 3.02. The lowest BCUT2D eigenvalue weighted by atomic mass is 10.2. The monoisotopic (exact) mass is 517 g/mol. The van der Waals surface area contributed by atoms with E-state index in [4.69, 9.17) is 9.47 Å². The highest BCUT2D eigenvalue weighted by Gasteiger charge is 2.25. The van der Waals surface area contributed by atoms with Gasteiger partial charge in [-0.2, -0.15) is 9.30 Å². The normalized spacial score (nSPS) is 15.9. The fourth-order valence-corrected chi connectivity index (χ4v) is 6.80. The molecule has 1 aliphatic heterocycles. The van der Waals surface area contributed by atoms with Gasteiger partial charge in [0, 0.05) is 31.8 Å². The molecule has 0 saturated carbocycles. The third-order valence-corrected chi connectivity index (χ3v) is 9.01. The quantitative estimate of drug-likeness (QED) is 0.421. The number of amides is 1. The van der Waals surface area contributed by atoms with E-state index in [1.807, 2.05) is 29.7 Å². The number of aromatic nitrogens is 1. The lowest BCUT2D eigenvalue weighted by molar-refractivity contribution is 0.0996. The summed E-state index contributed by atoms with van der Waals surface area (Å²) in [6.45, 7) is 4.60. The van der Waals surface area contributed by atoms with Crippen molar-refractivity contribution in [2.24, 2.45) is 4.99 Å². The highest BCUT2D eigenvalue weighted by atomic mass is 32.2. The summed E-state index contributed by atoms with van der Waals surface area (Å²) in [7, 11) is -1.96. The summed E-state index contributed by atoms with van der Waals surface area (Å²) >= 11 is 1.40. The smallest absolute Gasteiger partial charge is 0.279 e. The van der Waals surface area contributed by atoms with Crippen molar-refractivity contribution in [3.05, 3.63) is 52.8 Å². The van der Waals surface area contributed by atoms with Crippen molar-refractivity contribution >= 4 is 37.5 Å². The lowest BCUT2D eigenvalue weighted by Crippen LogP contribution is -2.31. The molecule has 8 nitrogen and oxygen atoms in total. The van der Waals surface area contributed by atoms with E-state index in [0.717, 1.165) is 35.9 Å². The van der Waals surface area contributed by atoms with Gasteiger partial charge in [-0.15, -0.1) is 0 Å². The summed E-state index contributed by atoms with van der Waals surface area (Å²) in [5, 5.41) is 0. The Morgan fingerprint density at radius 1 is 1.06 bits per heavy atom. The molecule has 4 rings (SSSR count). The van der Waals surface area contributed by atoms with E-state index in [1.54, 1.807) is 11.4 Å². The number of ether oxygens (including phenoxy) is 2. The van der Waals surface area contributed by atoms with E-state index in [-0.39, 0.29) is 4.90 Å². The number of benzene rings is 2. The fraction of sp³-hybridized carbons (Fsp3) is 0.440. The van der Waals surface area contributed by atoms with Crippen molar-refractivity contribution in [2.45, 2.75) is 44.0 Å². The van der Waals surface area contributed by atoms with Crippen LogP contribution < -0.4 is 9.54 Å². The second-order valence-electron chi connectivity index (χ2n) is 8.30. The van der Waals surface area contributed by atoms with Crippen molar-refractivity contribution in [2.75, 3.05) is 33.4 Å². The molecule has 0 bridgehead atoms. The molecule has 1 amide bonds. The van der Waals surface area contributed by atoms with E-state index in [0.29, 0.717) is 49.0 Å². The van der Waals surface area contributed by atoms with E-state index in [1.165, 1.54) is 35.6 Å². The van der Waals surface area contributed by atoms with Crippen LogP contribution in [0.1, 0.15) is 43.0 Å². The summed E-state index contributed by atoms with van der Waals surface area (Å²) in [4.78, 5) is 18.2. The van der Waals surface area contributed by atoms with Crippen LogP contribution in [0.15, 0.2) is 52.4 Å². The maximum absolute atomic E-state index is 13.0. The summed E-state index contributed by atoms with van der Waals surface area (Å²) in [6.07, 6.45) is 3.85. The number of sulfonamides is 1. The standard InChI is InChI=1S/C25H31N3O5S2/c1-3-33-18-17-28-23-21(32-2)9-8-10-22(23)34-25(28)26-24(29)19-11-13-20(14-12-19)35(30,31)27-15-6-4-5-7-16-27/h8-14H,3-7,15-18H2,1-2H3. The Kier molecular flexibility index (Phi) is 8.38. The van der Waals surface area contributed by atoms with Gasteiger partial charge in [0.15, 0.2) is 4.80 Å². The summed E-state index contributed by atoms with van der Waals surface area (Å²) in [5.74, 6) is 0.270. The molecule has 0 radical (unpaired) electrons. The molecule has 2 heterocycles. The van der Waals surface area contributed by atoms with E-state index in [2.05, 4.69) is 4.99 Å². The molecule has 0 aliphatic carbocycles. The molecular weight excluding hydrogens is 486 g/mol. The molecular formula is C25H31N3O5S2. The molecule has 0 N–H and O–H groups in total. The van der Waals surface area contributed by atoms with Gasteiger partial charge in [0.25, 0.3) is 5.91 Å². The highest BCUT2D eigenvalue weighted by molar-refractivity contribution is 7.89. The summed E-state index contributed by atoms with van der Waals surface area (Å²) in [5.41, 5.74) is 1.20. The maximum Gasteiger partial charge on any atom is 0.279 e. The van der Waals surface area contributed by atoms with Crippen molar-refractivity contribution in [3.8, 4) is 5.75 Å². The van der Waals surface area contributed by atoms with Gasteiger partial charge < -0.3 is 14.0 Å². The van der Waals surface area contributed by atoms with Crippen LogP contribution in [0.2, 0.25) is 0 Å². The van der Waals surface area contributed by atoms with Gasteiger partial charge in [-0.1, -0.05) is 30.2 Å². The largest absolute Gasteiger partial charge is 0.495 e. The molecule has 0 unspecified atom stereocenters. The van der Waals surface area contributed by atoms with Crippen molar-refractivity contribution in [1.29, 1.82) is 0 Å². The minimum atomic E-state index is -3.57. The van der Waals surface area contributed by atoms with Crippen molar-refractivity contribution in [1.82, 2.24) is 8.87 Å². The molecule has 0 spiro atoms. The first-order valence-electron chi connectivity index (χ1n) is 11.9. The van der Waals surface area contributed by atoms with E-state index < -0.39 is 15.9 Å². The summed E-state index contributed by atoms with van der Waals surface area (Å²) in [6, 6.07) is 11.8. The van der Waals surface area contributed by atoms with Gasteiger partial charge in [-0.25, -0.2) is 8.42 Å². The van der Waals surface area contributed by atoms with Gasteiger partial charge in [-0.3, -0.25) is 4.79 Å². The molecule has 10 heteroatoms. The van der Waals surface area contributed by atoms with Crippen molar-refractivity contribution in [3.63, 3.8) is 0 Å². The minimum absolute atomic E-state index is 0.203. The Hall–Kier alpha value is -2.53. The molecule has 1 aromatic heterocycles. The number of nitrogens with zero attached hydrogens (tertiary/aromatic N) is 3. The fourth-order valence-electron chi connectivity index (χ4n) is 4.21. The zero-order chi connectivity index (χ0) is 24.8. The van der Waals surface area contributed by atoms with Crippen LogP contribution in [0.25, 0.3) is 10.2 Å². The Balaban J connectivity index is 1.64. The Labute approximate surface area is 209 Å². The van der Waals surface area contributed by atoms with E-state index >= 15 is 0 Å². The number of carbonyl (C=O) groups excluding carboxylic acids is 1. The topological polar surface area (TPSA) is 90.2 Å². The molecule has 0 atom stereocenters. The Morgan fingerprint density at radius 3 is 2.43 bits per heavy atom. The first-order valence-corrected chi connectivity index (χ1v) is 14.1. The van der Waals surface area contributed by atoms with Crippen LogP contribution in [0, 0.1) is 0 Å². The third kappa shape index (κ3) is 5.66. The maximum atomic E-state index is 13.0. The molecule has 188 valence electrons. The van der Waals surface area contributed by atoms with Gasteiger partial charge in [0.1, 0.15) is 11.3 Å². The van der Waals surface area contributed by atoms with Crippen LogP contribution in [0.3, 0.4) is 0 Å².